The van der Waals surface area contributed by atoms with Gasteiger partial charge in [-0.2, -0.15) is 0 Å². The van der Waals surface area contributed by atoms with Gasteiger partial charge in [0.15, 0.2) is 0 Å². The monoisotopic (exact) mass is 355 g/mol. The summed E-state index contributed by atoms with van der Waals surface area (Å²) in [7, 11) is 0. The summed E-state index contributed by atoms with van der Waals surface area (Å²) in [5, 5.41) is 0. The van der Waals surface area contributed by atoms with Gasteiger partial charge in [0.2, 0.25) is 0 Å². The normalized spacial score (nSPS) is 13.8. The summed E-state index contributed by atoms with van der Waals surface area (Å²) in [4.78, 5) is 0. The molecule has 0 amide bonds. The SMILES string of the molecule is CCC(N)C(Oc1cc(F)ccc1Br)c1ccc(F)cc1. The summed E-state index contributed by atoms with van der Waals surface area (Å²) < 4.78 is 32.9. The maximum atomic E-state index is 13.4. The second-order valence-corrected chi connectivity index (χ2v) is 5.59. The number of rotatable bonds is 5. The van der Waals surface area contributed by atoms with Crippen molar-refractivity contribution >= 4 is 15.9 Å². The summed E-state index contributed by atoms with van der Waals surface area (Å²) >= 11 is 3.32. The van der Waals surface area contributed by atoms with Crippen molar-refractivity contribution in [1.29, 1.82) is 0 Å². The van der Waals surface area contributed by atoms with Crippen LogP contribution in [0, 0.1) is 11.6 Å². The van der Waals surface area contributed by atoms with Gasteiger partial charge in [0.25, 0.3) is 0 Å². The van der Waals surface area contributed by atoms with E-state index in [4.69, 9.17) is 10.5 Å². The lowest BCUT2D eigenvalue weighted by atomic mass is 10.0. The van der Waals surface area contributed by atoms with Crippen LogP contribution in [0.2, 0.25) is 0 Å². The lowest BCUT2D eigenvalue weighted by Gasteiger charge is -2.25. The summed E-state index contributed by atoms with van der Waals surface area (Å²) in [6, 6.07) is 9.89. The molecule has 0 saturated carbocycles. The van der Waals surface area contributed by atoms with Crippen molar-refractivity contribution in [3.63, 3.8) is 0 Å². The summed E-state index contributed by atoms with van der Waals surface area (Å²) in [6.07, 6.45) is 0.198. The minimum absolute atomic E-state index is 0.286. The van der Waals surface area contributed by atoms with Gasteiger partial charge in [-0.05, 0) is 52.2 Å². The molecule has 0 fully saturated rings. The van der Waals surface area contributed by atoms with Gasteiger partial charge in [0.1, 0.15) is 23.5 Å². The number of hydrogen-bond donors (Lipinski definition) is 1. The van der Waals surface area contributed by atoms with Crippen LogP contribution in [-0.2, 0) is 0 Å². The number of hydrogen-bond acceptors (Lipinski definition) is 2. The van der Waals surface area contributed by atoms with Crippen molar-refractivity contribution in [3.05, 3.63) is 64.1 Å². The van der Waals surface area contributed by atoms with Gasteiger partial charge in [-0.15, -0.1) is 0 Å². The highest BCUT2D eigenvalue weighted by Gasteiger charge is 2.21. The lowest BCUT2D eigenvalue weighted by Crippen LogP contribution is -2.31. The van der Waals surface area contributed by atoms with Crippen LogP contribution >= 0.6 is 15.9 Å². The van der Waals surface area contributed by atoms with Gasteiger partial charge in [0, 0.05) is 12.1 Å². The molecule has 0 aliphatic rings. The van der Waals surface area contributed by atoms with E-state index in [2.05, 4.69) is 15.9 Å². The zero-order valence-corrected chi connectivity index (χ0v) is 13.1. The van der Waals surface area contributed by atoms with Gasteiger partial charge in [-0.25, -0.2) is 8.78 Å². The second-order valence-electron chi connectivity index (χ2n) is 4.74. The molecule has 2 unspecified atom stereocenters. The van der Waals surface area contributed by atoms with Crippen LogP contribution in [0.4, 0.5) is 8.78 Å². The third kappa shape index (κ3) is 4.02. The Morgan fingerprint density at radius 2 is 1.71 bits per heavy atom. The molecule has 2 aromatic carbocycles. The first-order chi connectivity index (χ1) is 10.0. The highest BCUT2D eigenvalue weighted by molar-refractivity contribution is 9.10. The molecule has 2 N–H and O–H groups in total. The molecule has 2 atom stereocenters. The molecule has 0 aliphatic heterocycles. The Labute approximate surface area is 131 Å². The van der Waals surface area contributed by atoms with E-state index in [0.717, 1.165) is 5.56 Å². The van der Waals surface area contributed by atoms with Crippen LogP contribution in [0.15, 0.2) is 46.9 Å². The summed E-state index contributed by atoms with van der Waals surface area (Å²) in [5.41, 5.74) is 6.85. The Bertz CT molecular complexity index is 604. The van der Waals surface area contributed by atoms with Gasteiger partial charge in [-0.3, -0.25) is 0 Å². The Morgan fingerprint density at radius 1 is 1.10 bits per heavy atom. The molecule has 2 nitrogen and oxygen atoms in total. The zero-order chi connectivity index (χ0) is 15.4. The molecule has 21 heavy (non-hydrogen) atoms. The average Bonchev–Trinajstić information content (AvgIpc) is 2.48. The van der Waals surface area contributed by atoms with E-state index in [1.807, 2.05) is 6.92 Å². The van der Waals surface area contributed by atoms with E-state index < -0.39 is 11.9 Å². The highest BCUT2D eigenvalue weighted by Crippen LogP contribution is 2.32. The van der Waals surface area contributed by atoms with Gasteiger partial charge in [-0.1, -0.05) is 19.1 Å². The fourth-order valence-corrected chi connectivity index (χ4v) is 2.31. The van der Waals surface area contributed by atoms with Gasteiger partial charge >= 0.3 is 0 Å². The fraction of sp³-hybridized carbons (Fsp3) is 0.250. The first-order valence-corrected chi connectivity index (χ1v) is 7.43. The van der Waals surface area contributed by atoms with Gasteiger partial charge in [0.05, 0.1) is 4.47 Å². The summed E-state index contributed by atoms with van der Waals surface area (Å²) in [6.45, 7) is 1.94. The van der Waals surface area contributed by atoms with E-state index in [1.54, 1.807) is 18.2 Å². The molecule has 0 spiro atoms. The van der Waals surface area contributed by atoms with Crippen LogP contribution in [0.25, 0.3) is 0 Å². The Hall–Kier alpha value is -1.46. The molecule has 2 aromatic rings. The third-order valence-corrected chi connectivity index (χ3v) is 3.86. The van der Waals surface area contributed by atoms with Crippen molar-refractivity contribution in [2.75, 3.05) is 0 Å². The molecule has 2 rings (SSSR count). The quantitative estimate of drug-likeness (QED) is 0.851. The number of benzene rings is 2. The van der Waals surface area contributed by atoms with E-state index in [-0.39, 0.29) is 11.9 Å². The molecule has 0 radical (unpaired) electrons. The fourth-order valence-electron chi connectivity index (χ4n) is 1.97. The lowest BCUT2D eigenvalue weighted by molar-refractivity contribution is 0.169. The number of ether oxygens (including phenoxy) is 1. The highest BCUT2D eigenvalue weighted by atomic mass is 79.9. The number of halogens is 3. The Balaban J connectivity index is 2.32. The topological polar surface area (TPSA) is 35.2 Å². The van der Waals surface area contributed by atoms with Crippen molar-refractivity contribution in [2.45, 2.75) is 25.5 Å². The summed E-state index contributed by atoms with van der Waals surface area (Å²) in [5.74, 6) is -0.348. The predicted octanol–water partition coefficient (Wildman–Crippen LogP) is 4.58. The molecule has 112 valence electrons. The van der Waals surface area contributed by atoms with Crippen LogP contribution in [0.1, 0.15) is 25.0 Å². The molecular formula is C16H16BrF2NO. The minimum atomic E-state index is -0.478. The smallest absolute Gasteiger partial charge is 0.139 e. The molecular weight excluding hydrogens is 340 g/mol. The molecule has 0 aliphatic carbocycles. The number of nitrogens with two attached hydrogens (primary N) is 1. The third-order valence-electron chi connectivity index (χ3n) is 3.21. The van der Waals surface area contributed by atoms with Gasteiger partial charge < -0.3 is 10.5 Å². The van der Waals surface area contributed by atoms with Crippen LogP contribution in [0.5, 0.6) is 5.75 Å². The molecule has 0 bridgehead atoms. The molecule has 0 aromatic heterocycles. The van der Waals surface area contributed by atoms with Crippen molar-refractivity contribution in [2.24, 2.45) is 5.73 Å². The van der Waals surface area contributed by atoms with Crippen LogP contribution < -0.4 is 10.5 Å². The molecule has 0 saturated heterocycles. The van der Waals surface area contributed by atoms with Crippen LogP contribution in [-0.4, -0.2) is 6.04 Å². The second kappa shape index (κ2) is 7.00. The minimum Gasteiger partial charge on any atom is -0.483 e. The molecule has 5 heteroatoms. The zero-order valence-electron chi connectivity index (χ0n) is 11.5. The predicted molar refractivity (Wildman–Crippen MR) is 82.1 cm³/mol. The average molecular weight is 356 g/mol. The largest absolute Gasteiger partial charge is 0.483 e. The first-order valence-electron chi connectivity index (χ1n) is 6.64. The van der Waals surface area contributed by atoms with Crippen molar-refractivity contribution in [1.82, 2.24) is 0 Å². The van der Waals surface area contributed by atoms with E-state index in [9.17, 15) is 8.78 Å². The maximum absolute atomic E-state index is 13.4. The van der Waals surface area contributed by atoms with Crippen molar-refractivity contribution in [3.8, 4) is 5.75 Å². The maximum Gasteiger partial charge on any atom is 0.139 e. The Morgan fingerprint density at radius 3 is 2.33 bits per heavy atom. The molecule has 0 heterocycles. The standard InChI is InChI=1S/C16H16BrF2NO/c1-2-14(20)16(10-3-5-11(18)6-4-10)21-15-9-12(19)7-8-13(15)17/h3-9,14,16H,2,20H2,1H3. The first kappa shape index (κ1) is 15.9. The van der Waals surface area contributed by atoms with E-state index >= 15 is 0 Å². The van der Waals surface area contributed by atoms with E-state index in [1.165, 1.54) is 24.3 Å². The van der Waals surface area contributed by atoms with Crippen molar-refractivity contribution < 1.29 is 13.5 Å². The Kier molecular flexibility index (Phi) is 5.31. The van der Waals surface area contributed by atoms with E-state index in [0.29, 0.717) is 16.6 Å². The van der Waals surface area contributed by atoms with Crippen LogP contribution in [0.3, 0.4) is 0 Å².